The van der Waals surface area contributed by atoms with E-state index in [-0.39, 0.29) is 24.7 Å². The number of nitrogens with zero attached hydrogens (tertiary/aromatic N) is 4. The maximum atomic E-state index is 14.7. The van der Waals surface area contributed by atoms with Crippen LogP contribution in [-0.4, -0.2) is 68.2 Å². The summed E-state index contributed by atoms with van der Waals surface area (Å²) in [5.74, 6) is -0.671. The number of benzene rings is 1. The van der Waals surface area contributed by atoms with Gasteiger partial charge in [0.25, 0.3) is 0 Å². The van der Waals surface area contributed by atoms with Crippen LogP contribution < -0.4 is 15.0 Å². The second-order valence-corrected chi connectivity index (χ2v) is 9.78. The number of hydrogen-bond acceptors (Lipinski definition) is 6. The van der Waals surface area contributed by atoms with Gasteiger partial charge in [-0.25, -0.2) is 9.37 Å². The van der Waals surface area contributed by atoms with Gasteiger partial charge in [-0.2, -0.15) is 13.2 Å². The maximum Gasteiger partial charge on any atom is 0.416 e. The maximum absolute atomic E-state index is 14.7. The van der Waals surface area contributed by atoms with Gasteiger partial charge >= 0.3 is 6.18 Å². The van der Waals surface area contributed by atoms with Crippen molar-refractivity contribution in [1.82, 2.24) is 20.2 Å². The molecule has 1 aliphatic rings. The number of piperidine rings is 1. The van der Waals surface area contributed by atoms with Gasteiger partial charge in [0.2, 0.25) is 11.8 Å². The number of methoxy groups -OCH3 is 1. The lowest BCUT2D eigenvalue weighted by atomic mass is 9.72. The van der Waals surface area contributed by atoms with Gasteiger partial charge in [0.05, 0.1) is 35.0 Å². The molecule has 0 bridgehead atoms. The lowest BCUT2D eigenvalue weighted by Gasteiger charge is -2.42. The smallest absolute Gasteiger partial charge is 0.416 e. The SMILES string of the molecule is COc1ncccc1-c1ccc(C2(C(=O)NCCN(C)C)CCN(c3ccc(C(F)(F)F)cc3F)CC2)cn1. The Bertz CT molecular complexity index is 1290. The van der Waals surface area contributed by atoms with E-state index >= 15 is 0 Å². The van der Waals surface area contributed by atoms with Crippen LogP contribution in [-0.2, 0) is 16.4 Å². The number of amides is 1. The van der Waals surface area contributed by atoms with Crippen LogP contribution in [0.4, 0.5) is 23.2 Å². The molecule has 1 aliphatic heterocycles. The number of ether oxygens (including phenoxy) is 1. The summed E-state index contributed by atoms with van der Waals surface area (Å²) >= 11 is 0. The molecule has 1 aromatic carbocycles. The Morgan fingerprint density at radius 1 is 1.13 bits per heavy atom. The number of halogens is 4. The predicted octanol–water partition coefficient (Wildman–Crippen LogP) is 4.53. The zero-order chi connectivity index (χ0) is 28.2. The zero-order valence-electron chi connectivity index (χ0n) is 22.1. The molecule has 0 unspecified atom stereocenters. The molecule has 11 heteroatoms. The number of likely N-dealkylation sites (N-methyl/N-ethyl adjacent to an activating group) is 1. The van der Waals surface area contributed by atoms with Crippen LogP contribution in [0.1, 0.15) is 24.0 Å². The molecular weight excluding hydrogens is 514 g/mol. The van der Waals surface area contributed by atoms with E-state index in [2.05, 4.69) is 15.3 Å². The summed E-state index contributed by atoms with van der Waals surface area (Å²) in [5.41, 5.74) is 0.174. The van der Waals surface area contributed by atoms with Crippen LogP contribution in [0.5, 0.6) is 5.88 Å². The van der Waals surface area contributed by atoms with E-state index in [0.717, 1.165) is 12.1 Å². The molecule has 1 saturated heterocycles. The first-order valence-corrected chi connectivity index (χ1v) is 12.6. The minimum atomic E-state index is -4.62. The van der Waals surface area contributed by atoms with Crippen molar-refractivity contribution in [2.45, 2.75) is 24.4 Å². The van der Waals surface area contributed by atoms with Crippen molar-refractivity contribution in [2.24, 2.45) is 0 Å². The van der Waals surface area contributed by atoms with Crippen LogP contribution in [0.25, 0.3) is 11.3 Å². The molecule has 1 fully saturated rings. The molecule has 0 aliphatic carbocycles. The number of hydrogen-bond donors (Lipinski definition) is 1. The fourth-order valence-corrected chi connectivity index (χ4v) is 4.86. The zero-order valence-corrected chi connectivity index (χ0v) is 22.1. The van der Waals surface area contributed by atoms with Crippen molar-refractivity contribution in [3.05, 3.63) is 71.8 Å². The number of alkyl halides is 3. The van der Waals surface area contributed by atoms with Crippen molar-refractivity contribution >= 4 is 11.6 Å². The highest BCUT2D eigenvalue weighted by molar-refractivity contribution is 5.88. The Morgan fingerprint density at radius 3 is 2.46 bits per heavy atom. The van der Waals surface area contributed by atoms with Crippen molar-refractivity contribution in [3.63, 3.8) is 0 Å². The molecule has 4 rings (SSSR count). The van der Waals surface area contributed by atoms with E-state index in [1.165, 1.54) is 7.11 Å². The number of carbonyl (C=O) groups is 1. The lowest BCUT2D eigenvalue weighted by molar-refractivity contribution is -0.137. The Morgan fingerprint density at radius 2 is 1.87 bits per heavy atom. The average Bonchev–Trinajstić information content (AvgIpc) is 2.92. The molecule has 39 heavy (non-hydrogen) atoms. The van der Waals surface area contributed by atoms with Crippen molar-refractivity contribution < 1.29 is 27.1 Å². The molecule has 0 spiro atoms. The topological polar surface area (TPSA) is 70.6 Å². The van der Waals surface area contributed by atoms with Gasteiger partial charge in [0, 0.05) is 38.6 Å². The number of aromatic nitrogens is 2. The number of rotatable bonds is 8. The summed E-state index contributed by atoms with van der Waals surface area (Å²) in [6, 6.07) is 9.84. The Hall–Kier alpha value is -3.73. The minimum Gasteiger partial charge on any atom is -0.481 e. The second kappa shape index (κ2) is 11.6. The highest BCUT2D eigenvalue weighted by Gasteiger charge is 2.43. The van der Waals surface area contributed by atoms with Crippen LogP contribution >= 0.6 is 0 Å². The fraction of sp³-hybridized carbons (Fsp3) is 0.393. The third kappa shape index (κ3) is 6.13. The molecule has 208 valence electrons. The predicted molar refractivity (Wildman–Crippen MR) is 140 cm³/mol. The van der Waals surface area contributed by atoms with Gasteiger partial charge in [-0.05, 0) is 68.9 Å². The molecular formula is C28H31F4N5O2. The lowest BCUT2D eigenvalue weighted by Crippen LogP contribution is -2.52. The average molecular weight is 546 g/mol. The number of anilines is 1. The van der Waals surface area contributed by atoms with Gasteiger partial charge in [0.1, 0.15) is 5.82 Å². The summed E-state index contributed by atoms with van der Waals surface area (Å²) in [4.78, 5) is 26.1. The number of nitrogens with one attached hydrogen (secondary N) is 1. The van der Waals surface area contributed by atoms with Crippen LogP contribution in [0.2, 0.25) is 0 Å². The Kier molecular flexibility index (Phi) is 8.39. The number of carbonyl (C=O) groups excluding carboxylic acids is 1. The van der Waals surface area contributed by atoms with Crippen LogP contribution in [0.3, 0.4) is 0 Å². The van der Waals surface area contributed by atoms with Crippen molar-refractivity contribution in [1.29, 1.82) is 0 Å². The third-order valence-electron chi connectivity index (χ3n) is 7.07. The molecule has 0 radical (unpaired) electrons. The molecule has 7 nitrogen and oxygen atoms in total. The first kappa shape index (κ1) is 28.3. The van der Waals surface area contributed by atoms with Gasteiger partial charge in [0.15, 0.2) is 0 Å². The van der Waals surface area contributed by atoms with Gasteiger partial charge in [-0.15, -0.1) is 0 Å². The highest BCUT2D eigenvalue weighted by Crippen LogP contribution is 2.39. The number of pyridine rings is 2. The standard InChI is InChI=1S/C28H31F4N5O2/c1-36(2)16-13-34-26(38)27(20-6-8-23(35-18-20)21-5-4-12-33-25(21)39-3)10-14-37(15-11-27)24-9-7-19(17-22(24)29)28(30,31)32/h4-9,12,17-18H,10-11,13-16H2,1-3H3,(H,34,38). The van der Waals surface area contributed by atoms with Crippen molar-refractivity contribution in [3.8, 4) is 17.1 Å². The summed E-state index contributed by atoms with van der Waals surface area (Å²) in [5, 5.41) is 3.02. The monoisotopic (exact) mass is 545 g/mol. The van der Waals surface area contributed by atoms with Gasteiger partial charge < -0.3 is 19.9 Å². The Labute approximate surface area is 224 Å². The van der Waals surface area contributed by atoms with E-state index in [0.29, 0.717) is 54.7 Å². The quantitative estimate of drug-likeness (QED) is 0.420. The normalized spacial score (nSPS) is 15.3. The highest BCUT2D eigenvalue weighted by atomic mass is 19.4. The summed E-state index contributed by atoms with van der Waals surface area (Å²) in [6.45, 7) is 1.66. The van der Waals surface area contributed by atoms with E-state index in [4.69, 9.17) is 4.74 Å². The molecule has 3 heterocycles. The minimum absolute atomic E-state index is 0.0850. The molecule has 3 aromatic rings. The summed E-state index contributed by atoms with van der Waals surface area (Å²) in [7, 11) is 5.35. The fourth-order valence-electron chi connectivity index (χ4n) is 4.86. The second-order valence-electron chi connectivity index (χ2n) is 9.78. The molecule has 1 amide bonds. The molecule has 1 N–H and O–H groups in total. The van der Waals surface area contributed by atoms with Crippen LogP contribution in [0.15, 0.2) is 54.9 Å². The largest absolute Gasteiger partial charge is 0.481 e. The summed E-state index contributed by atoms with van der Waals surface area (Å²) in [6.07, 6.45) is -0.671. The van der Waals surface area contributed by atoms with Gasteiger partial charge in [-0.1, -0.05) is 6.07 Å². The molecule has 2 aromatic heterocycles. The van der Waals surface area contributed by atoms with E-state index < -0.39 is 23.0 Å². The third-order valence-corrected chi connectivity index (χ3v) is 7.07. The van der Waals surface area contributed by atoms with E-state index in [1.54, 1.807) is 23.4 Å². The first-order valence-electron chi connectivity index (χ1n) is 12.6. The summed E-state index contributed by atoms with van der Waals surface area (Å²) < 4.78 is 59.1. The van der Waals surface area contributed by atoms with Gasteiger partial charge in [-0.3, -0.25) is 9.78 Å². The van der Waals surface area contributed by atoms with Crippen molar-refractivity contribution in [2.75, 3.05) is 52.3 Å². The Balaban J connectivity index is 1.60. The first-order chi connectivity index (χ1) is 18.5. The van der Waals surface area contributed by atoms with Crippen LogP contribution in [0, 0.1) is 5.82 Å². The van der Waals surface area contributed by atoms with E-state index in [9.17, 15) is 22.4 Å². The molecule has 0 saturated carbocycles. The molecule has 0 atom stereocenters. The van der Waals surface area contributed by atoms with E-state index in [1.807, 2.05) is 37.2 Å².